The first kappa shape index (κ1) is 6.60. The maximum Gasteiger partial charge on any atom is -0.0131 e. The molecule has 1 aliphatic rings. The summed E-state index contributed by atoms with van der Waals surface area (Å²) in [6.07, 6.45) is 4.84. The Hall–Kier alpha value is -0.520. The minimum absolute atomic E-state index is 0.836. The highest BCUT2D eigenvalue weighted by Gasteiger charge is 2.18. The smallest absolute Gasteiger partial charge is 0.0131 e. The molecule has 1 unspecified atom stereocenters. The first-order valence-electron chi connectivity index (χ1n) is 3.61. The van der Waals surface area contributed by atoms with Gasteiger partial charge in [-0.15, -0.1) is 0 Å². The van der Waals surface area contributed by atoms with Crippen molar-refractivity contribution in [2.45, 2.75) is 26.7 Å². The zero-order valence-electron chi connectivity index (χ0n) is 6.28. The molecule has 0 N–H and O–H groups in total. The molecule has 0 heteroatoms. The summed E-state index contributed by atoms with van der Waals surface area (Å²) >= 11 is 0. The molecule has 0 nitrogen and oxygen atoms in total. The van der Waals surface area contributed by atoms with Crippen LogP contribution in [-0.4, -0.2) is 0 Å². The van der Waals surface area contributed by atoms with Gasteiger partial charge in [0, 0.05) is 0 Å². The summed E-state index contributed by atoms with van der Waals surface area (Å²) in [5, 5.41) is 0. The summed E-state index contributed by atoms with van der Waals surface area (Å²) in [6, 6.07) is 0. The highest BCUT2D eigenvalue weighted by molar-refractivity contribution is 5.35. The van der Waals surface area contributed by atoms with E-state index in [0.29, 0.717) is 0 Å². The number of allylic oxidation sites excluding steroid dienone is 3. The van der Waals surface area contributed by atoms with Crippen LogP contribution in [0.5, 0.6) is 0 Å². The van der Waals surface area contributed by atoms with Crippen LogP contribution in [-0.2, 0) is 0 Å². The SMILES string of the molecule is C=C(C)C1=CCC1CC. The van der Waals surface area contributed by atoms with Crippen molar-refractivity contribution in [1.82, 2.24) is 0 Å². The Kier molecular flexibility index (Phi) is 1.75. The molecule has 0 spiro atoms. The molecule has 0 radical (unpaired) electrons. The quantitative estimate of drug-likeness (QED) is 0.528. The molecule has 0 aliphatic heterocycles. The maximum atomic E-state index is 3.91. The summed E-state index contributed by atoms with van der Waals surface area (Å²) in [6.45, 7) is 8.23. The first-order valence-corrected chi connectivity index (χ1v) is 3.61. The third kappa shape index (κ3) is 1.07. The van der Waals surface area contributed by atoms with Gasteiger partial charge in [-0.25, -0.2) is 0 Å². The average Bonchev–Trinajstić information content (AvgIpc) is 1.61. The van der Waals surface area contributed by atoms with Crippen LogP contribution in [0.15, 0.2) is 23.8 Å². The van der Waals surface area contributed by atoms with Gasteiger partial charge >= 0.3 is 0 Å². The fourth-order valence-electron chi connectivity index (χ4n) is 1.31. The van der Waals surface area contributed by atoms with Crippen LogP contribution in [0.2, 0.25) is 0 Å². The maximum absolute atomic E-state index is 3.91. The molecule has 50 valence electrons. The molecule has 1 atom stereocenters. The van der Waals surface area contributed by atoms with E-state index in [4.69, 9.17) is 0 Å². The summed E-state index contributed by atoms with van der Waals surface area (Å²) in [4.78, 5) is 0. The number of hydrogen-bond acceptors (Lipinski definition) is 0. The van der Waals surface area contributed by atoms with Gasteiger partial charge in [-0.2, -0.15) is 0 Å². The summed E-state index contributed by atoms with van der Waals surface area (Å²) in [5.41, 5.74) is 2.76. The van der Waals surface area contributed by atoms with Gasteiger partial charge in [-0.05, 0) is 31.3 Å². The van der Waals surface area contributed by atoms with E-state index in [1.807, 2.05) is 0 Å². The Balaban J connectivity index is 2.54. The van der Waals surface area contributed by atoms with Crippen molar-refractivity contribution in [1.29, 1.82) is 0 Å². The molecule has 1 aliphatic carbocycles. The molecule has 0 aromatic rings. The van der Waals surface area contributed by atoms with Crippen LogP contribution in [0.1, 0.15) is 26.7 Å². The Bertz CT molecular complexity index is 151. The Labute approximate surface area is 57.3 Å². The standard InChI is InChI=1S/C9H14/c1-4-8-5-6-9(8)7(2)3/h6,8H,2,4-5H2,1,3H3. The highest BCUT2D eigenvalue weighted by Crippen LogP contribution is 2.33. The van der Waals surface area contributed by atoms with Gasteiger partial charge in [0.2, 0.25) is 0 Å². The van der Waals surface area contributed by atoms with E-state index in [1.54, 1.807) is 0 Å². The lowest BCUT2D eigenvalue weighted by Gasteiger charge is -2.26. The third-order valence-corrected chi connectivity index (χ3v) is 2.05. The summed E-state index contributed by atoms with van der Waals surface area (Å²) < 4.78 is 0. The topological polar surface area (TPSA) is 0 Å². The molecule has 0 bridgehead atoms. The van der Waals surface area contributed by atoms with Crippen molar-refractivity contribution in [2.75, 3.05) is 0 Å². The fraction of sp³-hybridized carbons (Fsp3) is 0.556. The molecule has 0 amide bonds. The normalized spacial score (nSPS) is 24.7. The van der Waals surface area contributed by atoms with E-state index >= 15 is 0 Å². The second-order valence-corrected chi connectivity index (χ2v) is 2.78. The van der Waals surface area contributed by atoms with Gasteiger partial charge in [0.1, 0.15) is 0 Å². The monoisotopic (exact) mass is 122 g/mol. The number of rotatable bonds is 2. The third-order valence-electron chi connectivity index (χ3n) is 2.05. The van der Waals surface area contributed by atoms with Gasteiger partial charge in [0.25, 0.3) is 0 Å². The van der Waals surface area contributed by atoms with Gasteiger partial charge in [0.05, 0.1) is 0 Å². The highest BCUT2D eigenvalue weighted by atomic mass is 14.2. The van der Waals surface area contributed by atoms with Crippen molar-refractivity contribution < 1.29 is 0 Å². The van der Waals surface area contributed by atoms with Crippen LogP contribution in [0.4, 0.5) is 0 Å². The minimum atomic E-state index is 0.836. The molecule has 9 heavy (non-hydrogen) atoms. The second-order valence-electron chi connectivity index (χ2n) is 2.78. The molecule has 0 saturated heterocycles. The van der Waals surface area contributed by atoms with Gasteiger partial charge in [-0.3, -0.25) is 0 Å². The van der Waals surface area contributed by atoms with Crippen LogP contribution in [0.25, 0.3) is 0 Å². The molecule has 0 saturated carbocycles. The lowest BCUT2D eigenvalue weighted by Crippen LogP contribution is -2.11. The van der Waals surface area contributed by atoms with Crippen LogP contribution in [0, 0.1) is 5.92 Å². The Morgan fingerprint density at radius 2 is 2.56 bits per heavy atom. The van der Waals surface area contributed by atoms with E-state index in [0.717, 1.165) is 5.92 Å². The predicted molar refractivity (Wildman–Crippen MR) is 41.3 cm³/mol. The van der Waals surface area contributed by atoms with Crippen molar-refractivity contribution in [2.24, 2.45) is 5.92 Å². The van der Waals surface area contributed by atoms with Gasteiger partial charge in [0.15, 0.2) is 0 Å². The zero-order chi connectivity index (χ0) is 6.85. The van der Waals surface area contributed by atoms with Crippen molar-refractivity contribution in [3.8, 4) is 0 Å². The van der Waals surface area contributed by atoms with Crippen LogP contribution >= 0.6 is 0 Å². The van der Waals surface area contributed by atoms with Gasteiger partial charge < -0.3 is 0 Å². The van der Waals surface area contributed by atoms with Crippen LogP contribution < -0.4 is 0 Å². The first-order chi connectivity index (χ1) is 4.25. The Morgan fingerprint density at radius 3 is 2.67 bits per heavy atom. The molecular weight excluding hydrogens is 108 g/mol. The van der Waals surface area contributed by atoms with E-state index in [2.05, 4.69) is 26.5 Å². The number of hydrogen-bond donors (Lipinski definition) is 0. The summed E-state index contributed by atoms with van der Waals surface area (Å²) in [7, 11) is 0. The molecule has 0 aromatic heterocycles. The second kappa shape index (κ2) is 2.38. The van der Waals surface area contributed by atoms with E-state index < -0.39 is 0 Å². The van der Waals surface area contributed by atoms with E-state index in [9.17, 15) is 0 Å². The van der Waals surface area contributed by atoms with Crippen molar-refractivity contribution in [3.05, 3.63) is 23.8 Å². The minimum Gasteiger partial charge on any atom is -0.0958 e. The van der Waals surface area contributed by atoms with Crippen molar-refractivity contribution in [3.63, 3.8) is 0 Å². The van der Waals surface area contributed by atoms with E-state index in [-0.39, 0.29) is 0 Å². The Morgan fingerprint density at radius 1 is 1.89 bits per heavy atom. The average molecular weight is 122 g/mol. The predicted octanol–water partition coefficient (Wildman–Crippen LogP) is 2.92. The molecule has 1 rings (SSSR count). The molecule has 0 aromatic carbocycles. The zero-order valence-corrected chi connectivity index (χ0v) is 6.28. The largest absolute Gasteiger partial charge is 0.0958 e. The van der Waals surface area contributed by atoms with Crippen LogP contribution in [0.3, 0.4) is 0 Å². The van der Waals surface area contributed by atoms with E-state index in [1.165, 1.54) is 24.0 Å². The van der Waals surface area contributed by atoms with Gasteiger partial charge in [-0.1, -0.05) is 25.2 Å². The summed E-state index contributed by atoms with van der Waals surface area (Å²) in [5.74, 6) is 0.836. The fourth-order valence-corrected chi connectivity index (χ4v) is 1.31. The molecular formula is C9H14. The van der Waals surface area contributed by atoms with Crippen molar-refractivity contribution >= 4 is 0 Å². The lowest BCUT2D eigenvalue weighted by atomic mass is 9.80. The lowest BCUT2D eigenvalue weighted by molar-refractivity contribution is 0.552. The molecule has 0 fully saturated rings. The molecule has 0 heterocycles.